The van der Waals surface area contributed by atoms with Crippen LogP contribution in [0.15, 0.2) is 78.9 Å². The molecule has 0 aliphatic heterocycles. The third kappa shape index (κ3) is 3.72. The highest BCUT2D eigenvalue weighted by molar-refractivity contribution is 7.87. The Hall–Kier alpha value is -2.80. The first-order chi connectivity index (χ1) is 12.4. The highest BCUT2D eigenvalue weighted by Crippen LogP contribution is 2.32. The highest BCUT2D eigenvalue weighted by atomic mass is 32.2. The zero-order chi connectivity index (χ0) is 18.7. The lowest BCUT2D eigenvalue weighted by molar-refractivity contribution is 0.0848. The summed E-state index contributed by atoms with van der Waals surface area (Å²) in [4.78, 5) is 11.9. The van der Waals surface area contributed by atoms with Crippen LogP contribution in [-0.4, -0.2) is 29.3 Å². The Kier molecular flexibility index (Phi) is 4.99. The number of Topliss-reactive ketones (excluding diaryl/α,β-unsaturated/α-hetero) is 1. The maximum atomic E-state index is 11.9. The molecule has 0 bridgehead atoms. The van der Waals surface area contributed by atoms with Crippen molar-refractivity contribution in [2.45, 2.75) is 5.44 Å². The summed E-state index contributed by atoms with van der Waals surface area (Å²) >= 11 is 0. The van der Waals surface area contributed by atoms with Crippen LogP contribution in [0.4, 0.5) is 0 Å². The number of aliphatic hydroxyl groups is 1. The lowest BCUT2D eigenvalue weighted by atomic mass is 9.94. The van der Waals surface area contributed by atoms with Gasteiger partial charge in [-0.1, -0.05) is 78.9 Å². The van der Waals surface area contributed by atoms with Gasteiger partial charge in [0.25, 0.3) is 10.1 Å². The van der Waals surface area contributed by atoms with Crippen LogP contribution >= 0.6 is 0 Å². The summed E-state index contributed by atoms with van der Waals surface area (Å²) in [7, 11) is -4.85. The van der Waals surface area contributed by atoms with Gasteiger partial charge in [-0.2, -0.15) is 8.42 Å². The Bertz CT molecular complexity index is 1030. The first kappa shape index (κ1) is 18.0. The number of aliphatic hydroxyl groups excluding tert-OH is 1. The molecule has 1 unspecified atom stereocenters. The Balaban J connectivity index is 1.97. The average Bonchev–Trinajstić information content (AvgIpc) is 2.67. The van der Waals surface area contributed by atoms with Gasteiger partial charge in [-0.15, -0.1) is 0 Å². The van der Waals surface area contributed by atoms with Crippen molar-refractivity contribution in [3.63, 3.8) is 0 Å². The first-order valence-electron chi connectivity index (χ1n) is 7.81. The van der Waals surface area contributed by atoms with Gasteiger partial charge in [0.2, 0.25) is 11.2 Å². The molecule has 0 saturated carbocycles. The fourth-order valence-corrected chi connectivity index (χ4v) is 3.10. The SMILES string of the molecule is O=C(c1ccc(-c2ccccc2-c2ccccc2)cc1)C(O)S(=O)(=O)O. The smallest absolute Gasteiger partial charge is 0.299 e. The second kappa shape index (κ2) is 7.21. The van der Waals surface area contributed by atoms with E-state index in [1.165, 1.54) is 12.1 Å². The largest absolute Gasteiger partial charge is 0.369 e. The second-order valence-electron chi connectivity index (χ2n) is 5.72. The van der Waals surface area contributed by atoms with Crippen molar-refractivity contribution in [3.05, 3.63) is 84.4 Å². The molecule has 0 amide bonds. The molecule has 3 aromatic rings. The van der Waals surface area contributed by atoms with E-state index in [0.717, 1.165) is 22.3 Å². The molecule has 3 rings (SSSR count). The van der Waals surface area contributed by atoms with E-state index in [2.05, 4.69) is 0 Å². The van der Waals surface area contributed by atoms with Crippen molar-refractivity contribution in [2.24, 2.45) is 0 Å². The van der Waals surface area contributed by atoms with Crippen molar-refractivity contribution in [1.82, 2.24) is 0 Å². The quantitative estimate of drug-likeness (QED) is 0.532. The van der Waals surface area contributed by atoms with E-state index in [0.29, 0.717) is 0 Å². The second-order valence-corrected chi connectivity index (χ2v) is 7.20. The van der Waals surface area contributed by atoms with E-state index in [4.69, 9.17) is 4.55 Å². The molecule has 0 aromatic heterocycles. The molecule has 0 saturated heterocycles. The van der Waals surface area contributed by atoms with Crippen LogP contribution in [0.2, 0.25) is 0 Å². The van der Waals surface area contributed by atoms with Gasteiger partial charge in [-0.05, 0) is 22.3 Å². The van der Waals surface area contributed by atoms with Crippen molar-refractivity contribution in [1.29, 1.82) is 0 Å². The fraction of sp³-hybridized carbons (Fsp3) is 0.0500. The molecule has 0 aliphatic rings. The van der Waals surface area contributed by atoms with E-state index < -0.39 is 21.3 Å². The van der Waals surface area contributed by atoms with Crippen LogP contribution in [0.25, 0.3) is 22.3 Å². The molecule has 0 radical (unpaired) electrons. The van der Waals surface area contributed by atoms with Crippen LogP contribution in [-0.2, 0) is 10.1 Å². The molecule has 0 fully saturated rings. The Labute approximate surface area is 151 Å². The van der Waals surface area contributed by atoms with E-state index in [1.54, 1.807) is 12.1 Å². The summed E-state index contributed by atoms with van der Waals surface area (Å²) in [5.74, 6) is -1.07. The van der Waals surface area contributed by atoms with Gasteiger partial charge in [0.1, 0.15) is 0 Å². The standard InChI is InChI=1S/C20H16O5S/c21-19(20(22)26(23,24)25)16-12-10-15(11-13-16)18-9-5-4-8-17(18)14-6-2-1-3-7-14/h1-13,20,22H,(H,23,24,25). The molecule has 6 heteroatoms. The van der Waals surface area contributed by atoms with Gasteiger partial charge >= 0.3 is 0 Å². The van der Waals surface area contributed by atoms with E-state index in [-0.39, 0.29) is 5.56 Å². The fourth-order valence-electron chi connectivity index (χ4n) is 2.70. The van der Waals surface area contributed by atoms with E-state index in [9.17, 15) is 18.3 Å². The maximum absolute atomic E-state index is 11.9. The lowest BCUT2D eigenvalue weighted by Crippen LogP contribution is -2.29. The Morgan fingerprint density at radius 1 is 0.731 bits per heavy atom. The molecule has 1 atom stereocenters. The normalized spacial score (nSPS) is 12.5. The minimum atomic E-state index is -4.85. The summed E-state index contributed by atoms with van der Waals surface area (Å²) in [5.41, 5.74) is 1.37. The molecule has 26 heavy (non-hydrogen) atoms. The molecule has 5 nitrogen and oxygen atoms in total. The topological polar surface area (TPSA) is 91.7 Å². The highest BCUT2D eigenvalue weighted by Gasteiger charge is 2.29. The number of carbonyl (C=O) groups excluding carboxylic acids is 1. The summed E-state index contributed by atoms with van der Waals surface area (Å²) in [5, 5.41) is 9.40. The number of carbonyl (C=O) groups is 1. The molecule has 2 N–H and O–H groups in total. The van der Waals surface area contributed by atoms with Crippen LogP contribution in [0, 0.1) is 0 Å². The predicted octanol–water partition coefficient (Wildman–Crippen LogP) is 3.41. The minimum absolute atomic E-state index is 0.00364. The number of ketones is 1. The molecular weight excluding hydrogens is 352 g/mol. The summed E-state index contributed by atoms with van der Waals surface area (Å²) < 4.78 is 30.7. The number of hydrogen-bond acceptors (Lipinski definition) is 4. The zero-order valence-electron chi connectivity index (χ0n) is 13.6. The number of benzene rings is 3. The Morgan fingerprint density at radius 2 is 1.19 bits per heavy atom. The molecule has 0 heterocycles. The van der Waals surface area contributed by atoms with Gasteiger partial charge < -0.3 is 5.11 Å². The molecule has 3 aromatic carbocycles. The zero-order valence-corrected chi connectivity index (χ0v) is 14.4. The monoisotopic (exact) mass is 368 g/mol. The van der Waals surface area contributed by atoms with E-state index in [1.807, 2.05) is 54.6 Å². The average molecular weight is 368 g/mol. The van der Waals surface area contributed by atoms with Crippen LogP contribution in [0.1, 0.15) is 10.4 Å². The maximum Gasteiger partial charge on any atom is 0.299 e. The first-order valence-corrected chi connectivity index (χ1v) is 9.32. The van der Waals surface area contributed by atoms with Crippen LogP contribution in [0.3, 0.4) is 0 Å². The molecule has 0 aliphatic carbocycles. The van der Waals surface area contributed by atoms with E-state index >= 15 is 0 Å². The van der Waals surface area contributed by atoms with Gasteiger partial charge in [-0.25, -0.2) is 0 Å². The van der Waals surface area contributed by atoms with Gasteiger partial charge in [0.15, 0.2) is 0 Å². The number of hydrogen-bond donors (Lipinski definition) is 2. The summed E-state index contributed by atoms with van der Waals surface area (Å²) in [6.07, 6.45) is 0. The van der Waals surface area contributed by atoms with Gasteiger partial charge in [0.05, 0.1) is 0 Å². The van der Waals surface area contributed by atoms with Gasteiger partial charge in [-0.3, -0.25) is 9.35 Å². The lowest BCUT2D eigenvalue weighted by Gasteiger charge is -2.11. The third-order valence-electron chi connectivity index (χ3n) is 4.00. The van der Waals surface area contributed by atoms with Crippen molar-refractivity contribution >= 4 is 15.9 Å². The minimum Gasteiger partial charge on any atom is -0.369 e. The predicted molar refractivity (Wildman–Crippen MR) is 99.2 cm³/mol. The van der Waals surface area contributed by atoms with Crippen molar-refractivity contribution < 1.29 is 22.9 Å². The van der Waals surface area contributed by atoms with Crippen LogP contribution in [0.5, 0.6) is 0 Å². The third-order valence-corrected chi connectivity index (χ3v) is 4.78. The van der Waals surface area contributed by atoms with Gasteiger partial charge in [0, 0.05) is 5.56 Å². The molecule has 132 valence electrons. The van der Waals surface area contributed by atoms with Crippen molar-refractivity contribution in [2.75, 3.05) is 0 Å². The summed E-state index contributed by atoms with van der Waals surface area (Å²) in [6.45, 7) is 0. The number of rotatable bonds is 5. The van der Waals surface area contributed by atoms with Crippen LogP contribution < -0.4 is 0 Å². The Morgan fingerprint density at radius 3 is 1.69 bits per heavy atom. The molecule has 0 spiro atoms. The summed E-state index contributed by atoms with van der Waals surface area (Å²) in [6, 6.07) is 23.8. The molecular formula is C20H16O5S. The van der Waals surface area contributed by atoms with Crippen molar-refractivity contribution in [3.8, 4) is 22.3 Å².